The first-order valence-electron chi connectivity index (χ1n) is 10.0. The number of hydrogen-bond acceptors (Lipinski definition) is 3. The normalized spacial score (nSPS) is 10.9. The maximum Gasteiger partial charge on any atom is 0.416 e. The average molecular weight is 473 g/mol. The summed E-state index contributed by atoms with van der Waals surface area (Å²) in [7, 11) is 0. The Morgan fingerprint density at radius 1 is 0.676 bits per heavy atom. The lowest BCUT2D eigenvalue weighted by molar-refractivity contribution is -0.137. The standard InChI is InChI=1S/C24H19F4N3O3/c25-19-8-4-16(5-9-19)23(34)31-20-10-6-15(7-11-20)21(32)29-12-13-30-22(33)17-2-1-3-18(14-17)24(26,27)28/h1-11,14H,12-13H2,(H,29,32)(H,30,33)(H,31,34). The van der Waals surface area contributed by atoms with Gasteiger partial charge in [-0.25, -0.2) is 4.39 Å². The molecule has 0 bridgehead atoms. The number of carbonyl (C=O) groups excluding carboxylic acids is 3. The van der Waals surface area contributed by atoms with Crippen molar-refractivity contribution >= 4 is 23.4 Å². The first kappa shape index (κ1) is 24.4. The van der Waals surface area contributed by atoms with Gasteiger partial charge in [0, 0.05) is 35.5 Å². The van der Waals surface area contributed by atoms with E-state index in [2.05, 4.69) is 16.0 Å². The molecule has 0 saturated heterocycles. The summed E-state index contributed by atoms with van der Waals surface area (Å²) in [5.74, 6) is -2.03. The molecule has 0 aliphatic rings. The van der Waals surface area contributed by atoms with Crippen LogP contribution in [0.2, 0.25) is 0 Å². The fourth-order valence-electron chi connectivity index (χ4n) is 2.90. The zero-order valence-electron chi connectivity index (χ0n) is 17.6. The van der Waals surface area contributed by atoms with Gasteiger partial charge in [0.15, 0.2) is 0 Å². The second-order valence-corrected chi connectivity index (χ2v) is 7.13. The van der Waals surface area contributed by atoms with Crippen molar-refractivity contribution in [3.63, 3.8) is 0 Å². The SMILES string of the molecule is O=C(NCCNC(=O)c1cccc(C(F)(F)F)c1)c1ccc(NC(=O)c2ccc(F)cc2)cc1. The van der Waals surface area contributed by atoms with Gasteiger partial charge in [-0.3, -0.25) is 14.4 Å². The van der Waals surface area contributed by atoms with Gasteiger partial charge in [0.2, 0.25) is 0 Å². The van der Waals surface area contributed by atoms with Crippen molar-refractivity contribution in [3.05, 3.63) is 101 Å². The van der Waals surface area contributed by atoms with Crippen LogP contribution >= 0.6 is 0 Å². The van der Waals surface area contributed by atoms with Gasteiger partial charge in [0.1, 0.15) is 5.82 Å². The Morgan fingerprint density at radius 2 is 1.21 bits per heavy atom. The van der Waals surface area contributed by atoms with Gasteiger partial charge in [-0.15, -0.1) is 0 Å². The van der Waals surface area contributed by atoms with E-state index in [0.29, 0.717) is 11.3 Å². The van der Waals surface area contributed by atoms with Crippen molar-refractivity contribution in [2.45, 2.75) is 6.18 Å². The van der Waals surface area contributed by atoms with Gasteiger partial charge in [-0.1, -0.05) is 6.07 Å². The third-order valence-electron chi connectivity index (χ3n) is 4.66. The zero-order chi connectivity index (χ0) is 24.7. The summed E-state index contributed by atoms with van der Waals surface area (Å²) in [6.07, 6.45) is -4.55. The van der Waals surface area contributed by atoms with E-state index in [0.717, 1.165) is 18.2 Å². The van der Waals surface area contributed by atoms with Crippen molar-refractivity contribution < 1.29 is 31.9 Å². The van der Waals surface area contributed by atoms with Gasteiger partial charge < -0.3 is 16.0 Å². The fraction of sp³-hybridized carbons (Fsp3) is 0.125. The molecule has 0 unspecified atom stereocenters. The molecule has 6 nitrogen and oxygen atoms in total. The minimum Gasteiger partial charge on any atom is -0.350 e. The van der Waals surface area contributed by atoms with E-state index >= 15 is 0 Å². The van der Waals surface area contributed by atoms with Crippen molar-refractivity contribution in [2.75, 3.05) is 18.4 Å². The highest BCUT2D eigenvalue weighted by Crippen LogP contribution is 2.29. The molecule has 0 atom stereocenters. The Hall–Kier alpha value is -4.21. The van der Waals surface area contributed by atoms with Crippen LogP contribution in [-0.2, 0) is 6.18 Å². The predicted octanol–water partition coefficient (Wildman–Crippen LogP) is 4.26. The number of nitrogens with one attached hydrogen (secondary N) is 3. The molecule has 3 amide bonds. The molecule has 0 spiro atoms. The minimum absolute atomic E-state index is 0.00658. The number of anilines is 1. The highest BCUT2D eigenvalue weighted by molar-refractivity contribution is 6.04. The minimum atomic E-state index is -4.55. The summed E-state index contributed by atoms with van der Waals surface area (Å²) < 4.78 is 51.2. The summed E-state index contributed by atoms with van der Waals surface area (Å²) >= 11 is 0. The third-order valence-corrected chi connectivity index (χ3v) is 4.66. The topological polar surface area (TPSA) is 87.3 Å². The highest BCUT2D eigenvalue weighted by atomic mass is 19.4. The molecule has 3 aromatic rings. The number of amides is 3. The van der Waals surface area contributed by atoms with E-state index in [1.807, 2.05) is 0 Å². The van der Waals surface area contributed by atoms with Crippen molar-refractivity contribution in [1.82, 2.24) is 10.6 Å². The van der Waals surface area contributed by atoms with Crippen LogP contribution in [0.3, 0.4) is 0 Å². The monoisotopic (exact) mass is 473 g/mol. The van der Waals surface area contributed by atoms with Gasteiger partial charge in [0.25, 0.3) is 17.7 Å². The third kappa shape index (κ3) is 6.64. The molecule has 3 aromatic carbocycles. The Balaban J connectivity index is 1.46. The smallest absolute Gasteiger partial charge is 0.350 e. The predicted molar refractivity (Wildman–Crippen MR) is 117 cm³/mol. The zero-order valence-corrected chi connectivity index (χ0v) is 17.6. The summed E-state index contributed by atoms with van der Waals surface area (Å²) in [5, 5.41) is 7.64. The van der Waals surface area contributed by atoms with Crippen LogP contribution in [0.4, 0.5) is 23.2 Å². The number of alkyl halides is 3. The van der Waals surface area contributed by atoms with Crippen molar-refractivity contribution in [2.24, 2.45) is 0 Å². The van der Waals surface area contributed by atoms with E-state index in [-0.39, 0.29) is 24.2 Å². The number of rotatable bonds is 7. The Kier molecular flexibility index (Phi) is 7.62. The summed E-state index contributed by atoms with van der Waals surface area (Å²) in [6, 6.07) is 15.1. The Morgan fingerprint density at radius 3 is 1.79 bits per heavy atom. The molecule has 0 aliphatic carbocycles. The van der Waals surface area contributed by atoms with E-state index in [9.17, 15) is 31.9 Å². The Bertz CT molecular complexity index is 1180. The van der Waals surface area contributed by atoms with Gasteiger partial charge in [0.05, 0.1) is 5.56 Å². The molecule has 3 rings (SSSR count). The van der Waals surface area contributed by atoms with E-state index in [1.54, 1.807) is 0 Å². The molecular weight excluding hydrogens is 454 g/mol. The number of carbonyl (C=O) groups is 3. The fourth-order valence-corrected chi connectivity index (χ4v) is 2.90. The van der Waals surface area contributed by atoms with Crippen LogP contribution in [0.25, 0.3) is 0 Å². The van der Waals surface area contributed by atoms with Gasteiger partial charge in [-0.2, -0.15) is 13.2 Å². The molecule has 0 radical (unpaired) electrons. The maximum absolute atomic E-state index is 13.0. The van der Waals surface area contributed by atoms with Crippen LogP contribution in [0.1, 0.15) is 36.6 Å². The van der Waals surface area contributed by atoms with Crippen molar-refractivity contribution in [1.29, 1.82) is 0 Å². The highest BCUT2D eigenvalue weighted by Gasteiger charge is 2.30. The molecule has 34 heavy (non-hydrogen) atoms. The number of benzene rings is 3. The number of hydrogen-bond donors (Lipinski definition) is 3. The summed E-state index contributed by atoms with van der Waals surface area (Å²) in [4.78, 5) is 36.4. The molecule has 0 aromatic heterocycles. The van der Waals surface area contributed by atoms with Gasteiger partial charge in [-0.05, 0) is 66.7 Å². The van der Waals surface area contributed by atoms with Crippen LogP contribution in [0.5, 0.6) is 0 Å². The van der Waals surface area contributed by atoms with Crippen LogP contribution < -0.4 is 16.0 Å². The average Bonchev–Trinajstić information content (AvgIpc) is 2.82. The quantitative estimate of drug-likeness (QED) is 0.354. The first-order chi connectivity index (χ1) is 16.1. The van der Waals surface area contributed by atoms with E-state index in [1.165, 1.54) is 54.6 Å². The molecule has 0 saturated carbocycles. The van der Waals surface area contributed by atoms with Crippen LogP contribution in [-0.4, -0.2) is 30.8 Å². The molecule has 0 fully saturated rings. The summed E-state index contributed by atoms with van der Waals surface area (Å²) in [6.45, 7) is 0.0548. The summed E-state index contributed by atoms with van der Waals surface area (Å²) in [5.41, 5.74) is -0.0659. The molecule has 10 heteroatoms. The lowest BCUT2D eigenvalue weighted by Crippen LogP contribution is -2.34. The maximum atomic E-state index is 13.0. The molecule has 176 valence electrons. The first-order valence-corrected chi connectivity index (χ1v) is 10.0. The molecular formula is C24H19F4N3O3. The largest absolute Gasteiger partial charge is 0.416 e. The second-order valence-electron chi connectivity index (χ2n) is 7.13. The second kappa shape index (κ2) is 10.6. The van der Waals surface area contributed by atoms with Crippen LogP contribution in [0.15, 0.2) is 72.8 Å². The lowest BCUT2D eigenvalue weighted by atomic mass is 10.1. The van der Waals surface area contributed by atoms with Gasteiger partial charge >= 0.3 is 6.18 Å². The molecule has 0 heterocycles. The van der Waals surface area contributed by atoms with E-state index < -0.39 is 35.3 Å². The lowest BCUT2D eigenvalue weighted by Gasteiger charge is -2.10. The van der Waals surface area contributed by atoms with Crippen molar-refractivity contribution in [3.8, 4) is 0 Å². The van der Waals surface area contributed by atoms with E-state index in [4.69, 9.17) is 0 Å². The molecule has 0 aliphatic heterocycles. The molecule has 3 N–H and O–H groups in total. The Labute approximate surface area is 192 Å². The van der Waals surface area contributed by atoms with Crippen LogP contribution in [0, 0.1) is 5.82 Å². The number of halogens is 4.